The van der Waals surface area contributed by atoms with Crippen LogP contribution in [0.1, 0.15) is 28.2 Å². The predicted octanol–water partition coefficient (Wildman–Crippen LogP) is 5.00. The van der Waals surface area contributed by atoms with Gasteiger partial charge < -0.3 is 15.2 Å². The number of carbonyl (C=O) groups excluding carboxylic acids is 2. The van der Waals surface area contributed by atoms with Gasteiger partial charge in [0, 0.05) is 29.2 Å². The Morgan fingerprint density at radius 3 is 2.64 bits per heavy atom. The average molecular weight is 461 g/mol. The number of nitrogens with one attached hydrogen (secondary N) is 2. The highest BCUT2D eigenvalue weighted by Crippen LogP contribution is 2.19. The monoisotopic (exact) mass is 460 g/mol. The fraction of sp³-hybridized carbons (Fsp3) is 0.192. The van der Waals surface area contributed by atoms with E-state index < -0.39 is 0 Å². The first kappa shape index (κ1) is 22.6. The first-order chi connectivity index (χ1) is 16.0. The lowest BCUT2D eigenvalue weighted by molar-refractivity contribution is -0.116. The van der Waals surface area contributed by atoms with Gasteiger partial charge in [-0.15, -0.1) is 0 Å². The lowest BCUT2D eigenvalue weighted by atomic mass is 10.1. The van der Waals surface area contributed by atoms with Gasteiger partial charge in [0.15, 0.2) is 0 Å². The SMILES string of the molecule is Cc1cccc(C(=O)NCCCc2nc3ccccc3n2CC(=O)Nc2cccc(Cl)c2)c1. The molecule has 0 saturated heterocycles. The van der Waals surface area contributed by atoms with E-state index in [1.54, 1.807) is 30.3 Å². The van der Waals surface area contributed by atoms with Gasteiger partial charge in [0.1, 0.15) is 12.4 Å². The van der Waals surface area contributed by atoms with Gasteiger partial charge in [-0.3, -0.25) is 9.59 Å². The first-order valence-electron chi connectivity index (χ1n) is 10.8. The molecule has 2 amide bonds. The number of rotatable bonds is 8. The molecule has 33 heavy (non-hydrogen) atoms. The molecule has 0 radical (unpaired) electrons. The summed E-state index contributed by atoms with van der Waals surface area (Å²) in [5.74, 6) is 0.560. The van der Waals surface area contributed by atoms with Crippen molar-refractivity contribution in [3.63, 3.8) is 0 Å². The van der Waals surface area contributed by atoms with Gasteiger partial charge in [-0.25, -0.2) is 4.98 Å². The molecule has 1 heterocycles. The number of hydrogen-bond acceptors (Lipinski definition) is 3. The van der Waals surface area contributed by atoms with Gasteiger partial charge in [-0.1, -0.05) is 47.5 Å². The zero-order chi connectivity index (χ0) is 23.2. The molecular weight excluding hydrogens is 436 g/mol. The van der Waals surface area contributed by atoms with Crippen LogP contribution in [0.4, 0.5) is 5.69 Å². The van der Waals surface area contributed by atoms with E-state index in [0.717, 1.165) is 22.4 Å². The second-order valence-corrected chi connectivity index (χ2v) is 8.33. The van der Waals surface area contributed by atoms with E-state index in [2.05, 4.69) is 10.6 Å². The Morgan fingerprint density at radius 2 is 1.82 bits per heavy atom. The van der Waals surface area contributed by atoms with Crippen molar-refractivity contribution in [3.05, 3.63) is 94.8 Å². The van der Waals surface area contributed by atoms with Crippen LogP contribution in [0, 0.1) is 6.92 Å². The summed E-state index contributed by atoms with van der Waals surface area (Å²) >= 11 is 6.02. The molecule has 0 aliphatic rings. The largest absolute Gasteiger partial charge is 0.352 e. The highest BCUT2D eigenvalue weighted by atomic mass is 35.5. The molecular formula is C26H25ClN4O2. The number of para-hydroxylation sites is 2. The molecule has 0 unspecified atom stereocenters. The normalized spacial score (nSPS) is 10.8. The molecule has 3 aromatic carbocycles. The van der Waals surface area contributed by atoms with E-state index in [9.17, 15) is 9.59 Å². The Kier molecular flexibility index (Phi) is 7.05. The summed E-state index contributed by atoms with van der Waals surface area (Å²) in [7, 11) is 0. The number of benzene rings is 3. The van der Waals surface area contributed by atoms with Crippen LogP contribution in [-0.4, -0.2) is 27.9 Å². The number of fused-ring (bicyclic) bond motifs is 1. The fourth-order valence-electron chi connectivity index (χ4n) is 3.74. The van der Waals surface area contributed by atoms with Gasteiger partial charge >= 0.3 is 0 Å². The number of halogens is 1. The van der Waals surface area contributed by atoms with Crippen molar-refractivity contribution in [2.75, 3.05) is 11.9 Å². The van der Waals surface area contributed by atoms with Crippen LogP contribution in [0.5, 0.6) is 0 Å². The van der Waals surface area contributed by atoms with Crippen molar-refractivity contribution in [1.82, 2.24) is 14.9 Å². The van der Waals surface area contributed by atoms with E-state index in [-0.39, 0.29) is 18.4 Å². The maximum atomic E-state index is 12.7. The standard InChI is InChI=1S/C26H25ClN4O2/c1-18-7-4-8-19(15-18)26(33)28-14-6-13-24-30-22-11-2-3-12-23(22)31(24)17-25(32)29-21-10-5-9-20(27)16-21/h2-5,7-12,15-16H,6,13-14,17H2,1H3,(H,28,33)(H,29,32). The Hall–Kier alpha value is -3.64. The number of aromatic nitrogens is 2. The smallest absolute Gasteiger partial charge is 0.251 e. The molecule has 0 saturated carbocycles. The average Bonchev–Trinajstić information content (AvgIpc) is 3.13. The van der Waals surface area contributed by atoms with Gasteiger partial charge in [0.05, 0.1) is 11.0 Å². The molecule has 6 nitrogen and oxygen atoms in total. The third kappa shape index (κ3) is 5.79. The van der Waals surface area contributed by atoms with E-state index in [0.29, 0.717) is 35.7 Å². The number of carbonyl (C=O) groups is 2. The van der Waals surface area contributed by atoms with E-state index in [1.807, 2.05) is 54.0 Å². The van der Waals surface area contributed by atoms with E-state index in [4.69, 9.17) is 16.6 Å². The number of amides is 2. The van der Waals surface area contributed by atoms with Crippen LogP contribution in [0.3, 0.4) is 0 Å². The van der Waals surface area contributed by atoms with Crippen molar-refractivity contribution in [1.29, 1.82) is 0 Å². The van der Waals surface area contributed by atoms with Crippen molar-refractivity contribution in [2.45, 2.75) is 26.3 Å². The molecule has 168 valence electrons. The van der Waals surface area contributed by atoms with Crippen molar-refractivity contribution >= 4 is 40.1 Å². The summed E-state index contributed by atoms with van der Waals surface area (Å²) in [4.78, 5) is 29.8. The van der Waals surface area contributed by atoms with Gasteiger partial charge in [0.25, 0.3) is 5.91 Å². The lowest BCUT2D eigenvalue weighted by Gasteiger charge is -2.11. The van der Waals surface area contributed by atoms with Crippen LogP contribution in [0.15, 0.2) is 72.8 Å². The van der Waals surface area contributed by atoms with Crippen LogP contribution in [0.25, 0.3) is 11.0 Å². The highest BCUT2D eigenvalue weighted by molar-refractivity contribution is 6.30. The van der Waals surface area contributed by atoms with E-state index >= 15 is 0 Å². The van der Waals surface area contributed by atoms with Gasteiger partial charge in [-0.2, -0.15) is 0 Å². The molecule has 0 aliphatic heterocycles. The number of imidazole rings is 1. The molecule has 0 bridgehead atoms. The molecule has 0 fully saturated rings. The minimum atomic E-state index is -0.158. The Labute approximate surface area is 197 Å². The maximum Gasteiger partial charge on any atom is 0.251 e. The summed E-state index contributed by atoms with van der Waals surface area (Å²) in [5.41, 5.74) is 4.09. The molecule has 7 heteroatoms. The highest BCUT2D eigenvalue weighted by Gasteiger charge is 2.14. The topological polar surface area (TPSA) is 76.0 Å². The number of nitrogens with zero attached hydrogens (tertiary/aromatic N) is 2. The molecule has 1 aromatic heterocycles. The quantitative estimate of drug-likeness (QED) is 0.363. The third-order valence-electron chi connectivity index (χ3n) is 5.29. The Bertz CT molecular complexity index is 1300. The summed E-state index contributed by atoms with van der Waals surface area (Å²) in [5, 5.41) is 6.41. The zero-order valence-corrected chi connectivity index (χ0v) is 19.1. The van der Waals surface area contributed by atoms with Gasteiger partial charge in [-0.05, 0) is 55.8 Å². The van der Waals surface area contributed by atoms with Crippen molar-refractivity contribution in [3.8, 4) is 0 Å². The first-order valence-corrected chi connectivity index (χ1v) is 11.2. The lowest BCUT2D eigenvalue weighted by Crippen LogP contribution is -2.25. The Balaban J connectivity index is 1.41. The number of hydrogen-bond donors (Lipinski definition) is 2. The predicted molar refractivity (Wildman–Crippen MR) is 132 cm³/mol. The Morgan fingerprint density at radius 1 is 1.00 bits per heavy atom. The minimum Gasteiger partial charge on any atom is -0.352 e. The summed E-state index contributed by atoms with van der Waals surface area (Å²) in [6.07, 6.45) is 1.34. The van der Waals surface area contributed by atoms with Crippen molar-refractivity contribution in [2.24, 2.45) is 0 Å². The molecule has 0 aliphatic carbocycles. The van der Waals surface area contributed by atoms with Crippen LogP contribution >= 0.6 is 11.6 Å². The van der Waals surface area contributed by atoms with Crippen LogP contribution in [0.2, 0.25) is 5.02 Å². The summed E-state index contributed by atoms with van der Waals surface area (Å²) in [6, 6.07) is 22.3. The third-order valence-corrected chi connectivity index (χ3v) is 5.52. The minimum absolute atomic E-state index is 0.0897. The fourth-order valence-corrected chi connectivity index (χ4v) is 3.93. The van der Waals surface area contributed by atoms with E-state index in [1.165, 1.54) is 0 Å². The summed E-state index contributed by atoms with van der Waals surface area (Å²) in [6.45, 7) is 2.62. The molecule has 4 aromatic rings. The number of anilines is 1. The molecule has 2 N–H and O–H groups in total. The molecule has 4 rings (SSSR count). The maximum absolute atomic E-state index is 12.7. The second kappa shape index (κ2) is 10.3. The van der Waals surface area contributed by atoms with Gasteiger partial charge in [0.2, 0.25) is 5.91 Å². The second-order valence-electron chi connectivity index (χ2n) is 7.89. The van der Waals surface area contributed by atoms with Crippen LogP contribution in [-0.2, 0) is 17.8 Å². The van der Waals surface area contributed by atoms with Crippen molar-refractivity contribution < 1.29 is 9.59 Å². The number of aryl methyl sites for hydroxylation is 2. The molecule has 0 spiro atoms. The zero-order valence-electron chi connectivity index (χ0n) is 18.3. The van der Waals surface area contributed by atoms with Crippen LogP contribution < -0.4 is 10.6 Å². The summed E-state index contributed by atoms with van der Waals surface area (Å²) < 4.78 is 1.93. The molecule has 0 atom stereocenters.